The van der Waals surface area contributed by atoms with Crippen molar-refractivity contribution in [1.82, 2.24) is 4.98 Å². The Morgan fingerprint density at radius 2 is 2.25 bits per heavy atom. The number of carboxylic acid groups (broad SMARTS) is 1. The number of H-pyrrole nitrogens is 1. The summed E-state index contributed by atoms with van der Waals surface area (Å²) >= 11 is 0. The molecule has 0 saturated heterocycles. The van der Waals surface area contributed by atoms with E-state index in [0.717, 1.165) is 16.5 Å². The summed E-state index contributed by atoms with van der Waals surface area (Å²) in [6, 6.07) is 6.17. The molecular weight excluding hydrogens is 202 g/mol. The smallest absolute Gasteiger partial charge is 0.306 e. The highest BCUT2D eigenvalue weighted by Crippen LogP contribution is 2.22. The molecule has 1 heterocycles. The molecule has 0 radical (unpaired) electrons. The van der Waals surface area contributed by atoms with Gasteiger partial charge in [0.15, 0.2) is 0 Å². The molecule has 2 N–H and O–H groups in total. The second kappa shape index (κ2) is 4.00. The largest absolute Gasteiger partial charge is 0.481 e. The van der Waals surface area contributed by atoms with Gasteiger partial charge in [0.2, 0.25) is 0 Å². The number of aromatic amines is 1. The van der Waals surface area contributed by atoms with Crippen LogP contribution in [0.3, 0.4) is 0 Å². The number of benzene rings is 1. The van der Waals surface area contributed by atoms with Crippen molar-refractivity contribution in [2.75, 3.05) is 0 Å². The van der Waals surface area contributed by atoms with Gasteiger partial charge in [-0.25, -0.2) is 0 Å². The van der Waals surface area contributed by atoms with E-state index in [2.05, 4.69) is 11.1 Å². The van der Waals surface area contributed by atoms with Gasteiger partial charge in [-0.15, -0.1) is 0 Å². The molecule has 84 valence electrons. The van der Waals surface area contributed by atoms with Crippen molar-refractivity contribution < 1.29 is 9.90 Å². The van der Waals surface area contributed by atoms with Gasteiger partial charge in [-0.1, -0.05) is 18.6 Å². The van der Waals surface area contributed by atoms with Gasteiger partial charge in [0.05, 0.1) is 5.92 Å². The third-order valence-electron chi connectivity index (χ3n) is 2.87. The monoisotopic (exact) mass is 217 g/mol. The van der Waals surface area contributed by atoms with E-state index in [0.29, 0.717) is 6.42 Å². The predicted molar refractivity (Wildman–Crippen MR) is 63.5 cm³/mol. The van der Waals surface area contributed by atoms with Gasteiger partial charge < -0.3 is 10.1 Å². The van der Waals surface area contributed by atoms with Crippen LogP contribution in [0.5, 0.6) is 0 Å². The van der Waals surface area contributed by atoms with Gasteiger partial charge in [0, 0.05) is 17.1 Å². The van der Waals surface area contributed by atoms with Crippen LogP contribution in [0.4, 0.5) is 0 Å². The van der Waals surface area contributed by atoms with Crippen LogP contribution in [0.25, 0.3) is 10.9 Å². The van der Waals surface area contributed by atoms with E-state index in [4.69, 9.17) is 5.11 Å². The maximum Gasteiger partial charge on any atom is 0.306 e. The molecule has 0 amide bonds. The minimum Gasteiger partial charge on any atom is -0.481 e. The standard InChI is InChI=1S/C13H15NO2/c1-8-3-4-12-11(5-8)10(7-14-12)6-9(2)13(15)16/h3-5,7,9,14H,6H2,1-2H3,(H,15,16)/t9-/m0/s1. The van der Waals surface area contributed by atoms with Crippen LogP contribution in [0, 0.1) is 12.8 Å². The number of nitrogens with one attached hydrogen (secondary N) is 1. The summed E-state index contributed by atoms with van der Waals surface area (Å²) in [4.78, 5) is 14.0. The highest BCUT2D eigenvalue weighted by molar-refractivity contribution is 5.84. The lowest BCUT2D eigenvalue weighted by Crippen LogP contribution is -2.11. The van der Waals surface area contributed by atoms with Gasteiger partial charge in [0.1, 0.15) is 0 Å². The summed E-state index contributed by atoms with van der Waals surface area (Å²) in [6.45, 7) is 3.77. The van der Waals surface area contributed by atoms with E-state index in [1.165, 1.54) is 5.56 Å². The fraction of sp³-hybridized carbons (Fsp3) is 0.308. The Balaban J connectivity index is 2.37. The van der Waals surface area contributed by atoms with Crippen LogP contribution in [0.15, 0.2) is 24.4 Å². The normalized spacial score (nSPS) is 12.9. The molecule has 1 aromatic heterocycles. The summed E-state index contributed by atoms with van der Waals surface area (Å²) in [5.41, 5.74) is 3.34. The Labute approximate surface area is 94.1 Å². The highest BCUT2D eigenvalue weighted by atomic mass is 16.4. The SMILES string of the molecule is Cc1ccc2[nH]cc(C[C@H](C)C(=O)O)c2c1. The number of hydrogen-bond donors (Lipinski definition) is 2. The fourth-order valence-electron chi connectivity index (χ4n) is 1.88. The Morgan fingerprint density at radius 3 is 2.94 bits per heavy atom. The minimum absolute atomic E-state index is 0.348. The van der Waals surface area contributed by atoms with Gasteiger partial charge >= 0.3 is 5.97 Å². The maximum atomic E-state index is 10.8. The molecule has 0 aliphatic carbocycles. The molecule has 0 fully saturated rings. The Hall–Kier alpha value is -1.77. The van der Waals surface area contributed by atoms with Crippen molar-refractivity contribution in [2.45, 2.75) is 20.3 Å². The summed E-state index contributed by atoms with van der Waals surface area (Å²) in [5.74, 6) is -1.10. The third-order valence-corrected chi connectivity index (χ3v) is 2.87. The van der Waals surface area contributed by atoms with E-state index in [1.54, 1.807) is 6.92 Å². The van der Waals surface area contributed by atoms with E-state index in [1.807, 2.05) is 25.3 Å². The number of aromatic nitrogens is 1. The first kappa shape index (κ1) is 10.7. The number of carboxylic acids is 1. The summed E-state index contributed by atoms with van der Waals surface area (Å²) in [5, 5.41) is 10.0. The molecule has 1 aromatic carbocycles. The van der Waals surface area contributed by atoms with Crippen molar-refractivity contribution in [3.05, 3.63) is 35.5 Å². The van der Waals surface area contributed by atoms with Crippen LogP contribution >= 0.6 is 0 Å². The van der Waals surface area contributed by atoms with Crippen LogP contribution < -0.4 is 0 Å². The van der Waals surface area contributed by atoms with E-state index >= 15 is 0 Å². The fourth-order valence-corrected chi connectivity index (χ4v) is 1.88. The number of fused-ring (bicyclic) bond motifs is 1. The van der Waals surface area contributed by atoms with Gasteiger partial charge in [0.25, 0.3) is 0 Å². The lowest BCUT2D eigenvalue weighted by atomic mass is 10.00. The average molecular weight is 217 g/mol. The van der Waals surface area contributed by atoms with Crippen molar-refractivity contribution >= 4 is 16.9 Å². The van der Waals surface area contributed by atoms with Gasteiger partial charge in [-0.3, -0.25) is 4.79 Å². The van der Waals surface area contributed by atoms with Crippen LogP contribution in [-0.2, 0) is 11.2 Å². The molecule has 0 spiro atoms. The van der Waals surface area contributed by atoms with Crippen molar-refractivity contribution in [2.24, 2.45) is 5.92 Å². The van der Waals surface area contributed by atoms with Crippen LogP contribution in [0.1, 0.15) is 18.1 Å². The quantitative estimate of drug-likeness (QED) is 0.830. The molecular formula is C13H15NO2. The van der Waals surface area contributed by atoms with Crippen molar-refractivity contribution in [3.63, 3.8) is 0 Å². The number of aryl methyl sites for hydroxylation is 1. The molecule has 0 unspecified atom stereocenters. The van der Waals surface area contributed by atoms with E-state index in [-0.39, 0.29) is 5.92 Å². The Morgan fingerprint density at radius 1 is 1.50 bits per heavy atom. The predicted octanol–water partition coefficient (Wildman–Crippen LogP) is 2.74. The Kier molecular flexibility index (Phi) is 2.69. The second-order valence-corrected chi connectivity index (χ2v) is 4.31. The molecule has 0 aliphatic heterocycles. The molecule has 3 nitrogen and oxygen atoms in total. The molecule has 0 saturated carbocycles. The highest BCUT2D eigenvalue weighted by Gasteiger charge is 2.14. The van der Waals surface area contributed by atoms with E-state index in [9.17, 15) is 4.79 Å². The summed E-state index contributed by atoms with van der Waals surface area (Å²) < 4.78 is 0. The molecule has 2 rings (SSSR count). The topological polar surface area (TPSA) is 53.1 Å². The zero-order chi connectivity index (χ0) is 11.7. The molecule has 3 heteroatoms. The summed E-state index contributed by atoms with van der Waals surface area (Å²) in [7, 11) is 0. The zero-order valence-corrected chi connectivity index (χ0v) is 9.45. The van der Waals surface area contributed by atoms with Crippen molar-refractivity contribution in [1.29, 1.82) is 0 Å². The van der Waals surface area contributed by atoms with Gasteiger partial charge in [-0.2, -0.15) is 0 Å². The molecule has 0 bridgehead atoms. The summed E-state index contributed by atoms with van der Waals surface area (Å²) in [6.07, 6.45) is 2.47. The lowest BCUT2D eigenvalue weighted by Gasteiger charge is -2.04. The average Bonchev–Trinajstić information content (AvgIpc) is 2.61. The zero-order valence-electron chi connectivity index (χ0n) is 9.45. The molecule has 0 aliphatic rings. The first-order valence-electron chi connectivity index (χ1n) is 5.37. The van der Waals surface area contributed by atoms with Crippen LogP contribution in [-0.4, -0.2) is 16.1 Å². The number of aliphatic carboxylic acids is 1. The Bertz CT molecular complexity index is 528. The maximum absolute atomic E-state index is 10.8. The molecule has 1 atom stereocenters. The first-order chi connectivity index (χ1) is 7.58. The number of rotatable bonds is 3. The minimum atomic E-state index is -0.748. The third kappa shape index (κ3) is 1.94. The lowest BCUT2D eigenvalue weighted by molar-refractivity contribution is -0.141. The van der Waals surface area contributed by atoms with Crippen LogP contribution in [0.2, 0.25) is 0 Å². The molecule has 16 heavy (non-hydrogen) atoms. The number of hydrogen-bond acceptors (Lipinski definition) is 1. The first-order valence-corrected chi connectivity index (χ1v) is 5.37. The van der Waals surface area contributed by atoms with Gasteiger partial charge in [-0.05, 0) is 31.0 Å². The second-order valence-electron chi connectivity index (χ2n) is 4.31. The molecule has 2 aromatic rings. The number of carbonyl (C=O) groups is 1. The van der Waals surface area contributed by atoms with Crippen molar-refractivity contribution in [3.8, 4) is 0 Å². The van der Waals surface area contributed by atoms with E-state index < -0.39 is 5.97 Å².